The Kier molecular flexibility index (Phi) is 2.08. The number of rotatable bonds is 1. The topological polar surface area (TPSA) is 42.7 Å². The Bertz CT molecular complexity index is 249. The fraction of sp³-hybridized carbons (Fsp3) is 0.750. The van der Waals surface area contributed by atoms with Gasteiger partial charge in [-0.1, -0.05) is 0 Å². The standard InChI is InChI=1S/C8H14N4/c1-12-6-10-11-8(12)7-3-2-4-9-5-7/h6-7,9H,2-5H2,1H3/t7-/m1/s1. The molecule has 1 aliphatic heterocycles. The van der Waals surface area contributed by atoms with Crippen LogP contribution in [0.25, 0.3) is 0 Å². The van der Waals surface area contributed by atoms with Crippen molar-refractivity contribution in [2.75, 3.05) is 13.1 Å². The van der Waals surface area contributed by atoms with Gasteiger partial charge in [0.15, 0.2) is 0 Å². The van der Waals surface area contributed by atoms with Crippen molar-refractivity contribution in [3.63, 3.8) is 0 Å². The fourth-order valence-corrected chi connectivity index (χ4v) is 1.73. The van der Waals surface area contributed by atoms with E-state index in [1.807, 2.05) is 11.6 Å². The molecular formula is C8H14N4. The minimum atomic E-state index is 0.561. The maximum atomic E-state index is 4.11. The number of hydrogen-bond acceptors (Lipinski definition) is 3. The molecule has 1 aromatic rings. The lowest BCUT2D eigenvalue weighted by molar-refractivity contribution is 0.438. The van der Waals surface area contributed by atoms with Crippen LogP contribution in [0.4, 0.5) is 0 Å². The van der Waals surface area contributed by atoms with Crippen LogP contribution in [-0.2, 0) is 7.05 Å². The molecule has 0 amide bonds. The first-order valence-corrected chi connectivity index (χ1v) is 4.42. The SMILES string of the molecule is Cn1cnnc1[C@@H]1CCCNC1. The van der Waals surface area contributed by atoms with Crippen molar-refractivity contribution >= 4 is 0 Å². The number of nitrogens with zero attached hydrogens (tertiary/aromatic N) is 3. The Hall–Kier alpha value is -0.900. The molecular weight excluding hydrogens is 152 g/mol. The highest BCUT2D eigenvalue weighted by Crippen LogP contribution is 2.19. The minimum absolute atomic E-state index is 0.561. The number of nitrogens with one attached hydrogen (secondary N) is 1. The zero-order chi connectivity index (χ0) is 8.39. The maximum Gasteiger partial charge on any atom is 0.136 e. The van der Waals surface area contributed by atoms with Crippen molar-refractivity contribution in [3.8, 4) is 0 Å². The molecule has 0 aliphatic carbocycles. The number of aryl methyl sites for hydroxylation is 1. The predicted octanol–water partition coefficient (Wildman–Crippen LogP) is 0.282. The van der Waals surface area contributed by atoms with Gasteiger partial charge in [0.25, 0.3) is 0 Å². The number of hydrogen-bond donors (Lipinski definition) is 1. The van der Waals surface area contributed by atoms with Gasteiger partial charge in [-0.3, -0.25) is 0 Å². The Labute approximate surface area is 72.0 Å². The quantitative estimate of drug-likeness (QED) is 0.651. The molecule has 12 heavy (non-hydrogen) atoms. The fourth-order valence-electron chi connectivity index (χ4n) is 1.73. The largest absolute Gasteiger partial charge is 0.320 e. The van der Waals surface area contributed by atoms with E-state index in [1.54, 1.807) is 6.33 Å². The van der Waals surface area contributed by atoms with Crippen molar-refractivity contribution in [3.05, 3.63) is 12.2 Å². The minimum Gasteiger partial charge on any atom is -0.320 e. The highest BCUT2D eigenvalue weighted by molar-refractivity contribution is 4.98. The first-order valence-electron chi connectivity index (χ1n) is 4.42. The van der Waals surface area contributed by atoms with Crippen LogP contribution in [-0.4, -0.2) is 27.9 Å². The molecule has 0 radical (unpaired) electrons. The van der Waals surface area contributed by atoms with Gasteiger partial charge in [-0.15, -0.1) is 10.2 Å². The third-order valence-electron chi connectivity index (χ3n) is 2.41. The first-order chi connectivity index (χ1) is 5.88. The van der Waals surface area contributed by atoms with E-state index in [1.165, 1.54) is 12.8 Å². The molecule has 1 N–H and O–H groups in total. The van der Waals surface area contributed by atoms with Crippen LogP contribution in [0.1, 0.15) is 24.6 Å². The Morgan fingerprint density at radius 2 is 2.58 bits per heavy atom. The summed E-state index contributed by atoms with van der Waals surface area (Å²) in [5, 5.41) is 11.4. The highest BCUT2D eigenvalue weighted by Gasteiger charge is 2.18. The highest BCUT2D eigenvalue weighted by atomic mass is 15.3. The summed E-state index contributed by atoms with van der Waals surface area (Å²) in [7, 11) is 2.00. The second-order valence-electron chi connectivity index (χ2n) is 3.34. The molecule has 0 spiro atoms. The normalized spacial score (nSPS) is 24.2. The van der Waals surface area contributed by atoms with Gasteiger partial charge in [0.1, 0.15) is 12.2 Å². The van der Waals surface area contributed by atoms with E-state index in [-0.39, 0.29) is 0 Å². The molecule has 0 aromatic carbocycles. The third kappa shape index (κ3) is 1.34. The Morgan fingerprint density at radius 1 is 1.67 bits per heavy atom. The average Bonchev–Trinajstić information content (AvgIpc) is 2.53. The lowest BCUT2D eigenvalue weighted by Crippen LogP contribution is -2.29. The van der Waals surface area contributed by atoms with Crippen LogP contribution in [0.5, 0.6) is 0 Å². The summed E-state index contributed by atoms with van der Waals surface area (Å²) >= 11 is 0. The Balaban J connectivity index is 2.13. The maximum absolute atomic E-state index is 4.11. The van der Waals surface area contributed by atoms with Gasteiger partial charge in [-0.2, -0.15) is 0 Å². The molecule has 4 nitrogen and oxygen atoms in total. The van der Waals surface area contributed by atoms with Gasteiger partial charge in [-0.25, -0.2) is 0 Å². The molecule has 4 heteroatoms. The van der Waals surface area contributed by atoms with E-state index in [0.717, 1.165) is 18.9 Å². The predicted molar refractivity (Wildman–Crippen MR) is 45.8 cm³/mol. The summed E-state index contributed by atoms with van der Waals surface area (Å²) < 4.78 is 2.01. The van der Waals surface area contributed by atoms with Crippen LogP contribution in [0, 0.1) is 0 Å². The molecule has 1 fully saturated rings. The molecule has 1 atom stereocenters. The second-order valence-corrected chi connectivity index (χ2v) is 3.34. The molecule has 2 heterocycles. The zero-order valence-corrected chi connectivity index (χ0v) is 7.32. The molecule has 0 bridgehead atoms. The lowest BCUT2D eigenvalue weighted by atomic mass is 9.99. The van der Waals surface area contributed by atoms with E-state index in [0.29, 0.717) is 5.92 Å². The van der Waals surface area contributed by atoms with Crippen LogP contribution in [0.15, 0.2) is 6.33 Å². The number of piperidine rings is 1. The zero-order valence-electron chi connectivity index (χ0n) is 7.32. The van der Waals surface area contributed by atoms with E-state index in [4.69, 9.17) is 0 Å². The van der Waals surface area contributed by atoms with Gasteiger partial charge < -0.3 is 9.88 Å². The summed E-state index contributed by atoms with van der Waals surface area (Å²) in [6.45, 7) is 2.20. The van der Waals surface area contributed by atoms with Crippen molar-refractivity contribution in [1.82, 2.24) is 20.1 Å². The molecule has 1 saturated heterocycles. The van der Waals surface area contributed by atoms with Gasteiger partial charge >= 0.3 is 0 Å². The molecule has 0 saturated carbocycles. The summed E-state index contributed by atoms with van der Waals surface area (Å²) in [5.74, 6) is 1.67. The molecule has 1 aliphatic rings. The van der Waals surface area contributed by atoms with E-state index in [9.17, 15) is 0 Å². The van der Waals surface area contributed by atoms with Crippen LogP contribution in [0.2, 0.25) is 0 Å². The van der Waals surface area contributed by atoms with E-state index < -0.39 is 0 Å². The van der Waals surface area contributed by atoms with E-state index >= 15 is 0 Å². The van der Waals surface area contributed by atoms with Crippen molar-refractivity contribution < 1.29 is 0 Å². The van der Waals surface area contributed by atoms with E-state index in [2.05, 4.69) is 15.5 Å². The number of aromatic nitrogens is 3. The Morgan fingerprint density at radius 3 is 3.17 bits per heavy atom. The first kappa shape index (κ1) is 7.73. The van der Waals surface area contributed by atoms with Gasteiger partial charge in [0.05, 0.1) is 0 Å². The summed E-state index contributed by atoms with van der Waals surface area (Å²) in [5.41, 5.74) is 0. The summed E-state index contributed by atoms with van der Waals surface area (Å²) in [4.78, 5) is 0. The summed E-state index contributed by atoms with van der Waals surface area (Å²) in [6.07, 6.45) is 4.25. The molecule has 2 rings (SSSR count). The van der Waals surface area contributed by atoms with Gasteiger partial charge in [0, 0.05) is 19.5 Å². The van der Waals surface area contributed by atoms with Crippen LogP contribution in [0.3, 0.4) is 0 Å². The summed E-state index contributed by atoms with van der Waals surface area (Å²) in [6, 6.07) is 0. The van der Waals surface area contributed by atoms with Crippen molar-refractivity contribution in [2.45, 2.75) is 18.8 Å². The average molecular weight is 166 g/mol. The van der Waals surface area contributed by atoms with Crippen LogP contribution >= 0.6 is 0 Å². The second kappa shape index (κ2) is 3.23. The van der Waals surface area contributed by atoms with Crippen molar-refractivity contribution in [2.24, 2.45) is 7.05 Å². The smallest absolute Gasteiger partial charge is 0.136 e. The molecule has 1 aromatic heterocycles. The van der Waals surface area contributed by atoms with Crippen LogP contribution < -0.4 is 5.32 Å². The van der Waals surface area contributed by atoms with Crippen molar-refractivity contribution in [1.29, 1.82) is 0 Å². The molecule has 0 unspecified atom stereocenters. The third-order valence-corrected chi connectivity index (χ3v) is 2.41. The lowest BCUT2D eigenvalue weighted by Gasteiger charge is -2.21. The van der Waals surface area contributed by atoms with Gasteiger partial charge in [-0.05, 0) is 19.4 Å². The molecule has 66 valence electrons. The van der Waals surface area contributed by atoms with Gasteiger partial charge in [0.2, 0.25) is 0 Å². The monoisotopic (exact) mass is 166 g/mol.